The highest BCUT2D eigenvalue weighted by Crippen LogP contribution is 2.40. The number of nitro benzene ring substituents is 1. The zero-order valence-corrected chi connectivity index (χ0v) is 18.8. The first-order chi connectivity index (χ1) is 15.4. The van der Waals surface area contributed by atoms with Gasteiger partial charge >= 0.3 is 0 Å². The molecule has 10 heteroatoms. The minimum Gasteiger partial charge on any atom is -0.476 e. The molecule has 2 heterocycles. The maximum absolute atomic E-state index is 13.0. The molecule has 2 aliphatic rings. The lowest BCUT2D eigenvalue weighted by atomic mass is 9.90. The quantitative estimate of drug-likeness (QED) is 0.323. The minimum absolute atomic E-state index is 0.00326. The summed E-state index contributed by atoms with van der Waals surface area (Å²) in [6, 6.07) is 10.7. The predicted molar refractivity (Wildman–Crippen MR) is 120 cm³/mol. The molecule has 0 N–H and O–H groups in total. The Bertz CT molecular complexity index is 982. The zero-order valence-electron chi connectivity index (χ0n) is 17.3. The van der Waals surface area contributed by atoms with Gasteiger partial charge in [-0.1, -0.05) is 23.2 Å². The molecule has 0 spiro atoms. The average Bonchev–Trinajstić information content (AvgIpc) is 2.79. The predicted octanol–water partition coefficient (Wildman–Crippen LogP) is 3.95. The number of morpholine rings is 1. The molecular formula is C22H23Cl2N3O5. The van der Waals surface area contributed by atoms with E-state index in [1.165, 1.54) is 12.1 Å². The van der Waals surface area contributed by atoms with E-state index >= 15 is 0 Å². The van der Waals surface area contributed by atoms with Crippen molar-refractivity contribution >= 4 is 34.8 Å². The van der Waals surface area contributed by atoms with Gasteiger partial charge in [0, 0.05) is 43.3 Å². The van der Waals surface area contributed by atoms with Crippen molar-refractivity contribution < 1.29 is 19.2 Å². The smallest absolute Gasteiger partial charge is 0.269 e. The van der Waals surface area contributed by atoms with Crippen molar-refractivity contribution in [2.75, 3.05) is 39.4 Å². The van der Waals surface area contributed by atoms with Crippen LogP contribution < -0.4 is 4.74 Å². The van der Waals surface area contributed by atoms with E-state index in [0.717, 1.165) is 44.8 Å². The van der Waals surface area contributed by atoms with Crippen LogP contribution in [-0.2, 0) is 9.53 Å². The van der Waals surface area contributed by atoms with E-state index in [2.05, 4.69) is 4.90 Å². The molecule has 1 amide bonds. The van der Waals surface area contributed by atoms with Crippen LogP contribution in [0.3, 0.4) is 0 Å². The van der Waals surface area contributed by atoms with Gasteiger partial charge in [0.05, 0.1) is 23.2 Å². The molecule has 2 fully saturated rings. The van der Waals surface area contributed by atoms with Crippen LogP contribution >= 0.6 is 23.2 Å². The fourth-order valence-electron chi connectivity index (χ4n) is 4.03. The van der Waals surface area contributed by atoms with Crippen molar-refractivity contribution in [3.05, 3.63) is 68.2 Å². The molecule has 8 nitrogen and oxygen atoms in total. The number of benzene rings is 2. The zero-order chi connectivity index (χ0) is 22.7. The van der Waals surface area contributed by atoms with Gasteiger partial charge in [0.15, 0.2) is 0 Å². The Labute approximate surface area is 195 Å². The van der Waals surface area contributed by atoms with Crippen molar-refractivity contribution in [2.24, 2.45) is 0 Å². The SMILES string of the molecule is O=C1[C@@H](Oc2ccc(Cl)cc2Cl)[C@@H](c2ccc([N+](=O)[O-])cc2)N1CCCN1CCOCC1. The second-order valence-corrected chi connectivity index (χ2v) is 8.59. The Morgan fingerprint density at radius 2 is 1.81 bits per heavy atom. The molecule has 170 valence electrons. The molecule has 2 aliphatic heterocycles. The average molecular weight is 480 g/mol. The van der Waals surface area contributed by atoms with Crippen LogP contribution in [-0.4, -0.2) is 66.1 Å². The van der Waals surface area contributed by atoms with E-state index in [4.69, 9.17) is 32.7 Å². The summed E-state index contributed by atoms with van der Waals surface area (Å²) in [6.07, 6.45) is 0.0439. The highest BCUT2D eigenvalue weighted by atomic mass is 35.5. The fourth-order valence-corrected chi connectivity index (χ4v) is 4.48. The summed E-state index contributed by atoms with van der Waals surface area (Å²) in [6.45, 7) is 4.67. The van der Waals surface area contributed by atoms with Crippen LogP contribution in [0.25, 0.3) is 0 Å². The van der Waals surface area contributed by atoms with Crippen molar-refractivity contribution in [3.63, 3.8) is 0 Å². The summed E-state index contributed by atoms with van der Waals surface area (Å²) in [5.74, 6) is 0.232. The number of β-lactam (4-membered cyclic amide) rings is 1. The van der Waals surface area contributed by atoms with Gasteiger partial charge in [0.1, 0.15) is 11.8 Å². The summed E-state index contributed by atoms with van der Waals surface area (Å²) in [4.78, 5) is 27.6. The fraction of sp³-hybridized carbons (Fsp3) is 0.409. The number of nitrogens with zero attached hydrogens (tertiary/aromatic N) is 3. The van der Waals surface area contributed by atoms with Crippen molar-refractivity contribution in [3.8, 4) is 5.75 Å². The first-order valence-corrected chi connectivity index (χ1v) is 11.2. The monoisotopic (exact) mass is 479 g/mol. The number of hydrogen-bond donors (Lipinski definition) is 0. The van der Waals surface area contributed by atoms with Gasteiger partial charge in [-0.2, -0.15) is 0 Å². The first-order valence-electron chi connectivity index (χ1n) is 10.4. The molecule has 0 radical (unpaired) electrons. The summed E-state index contributed by atoms with van der Waals surface area (Å²) in [5, 5.41) is 11.8. The lowest BCUT2D eigenvalue weighted by molar-refractivity contribution is -0.384. The molecule has 4 rings (SSSR count). The molecule has 2 atom stereocenters. The van der Waals surface area contributed by atoms with Gasteiger partial charge in [0.2, 0.25) is 6.10 Å². The number of non-ortho nitro benzene ring substituents is 1. The molecule has 32 heavy (non-hydrogen) atoms. The molecule has 0 bridgehead atoms. The second-order valence-electron chi connectivity index (χ2n) is 7.75. The van der Waals surface area contributed by atoms with Crippen LogP contribution in [0.2, 0.25) is 10.0 Å². The van der Waals surface area contributed by atoms with E-state index in [1.807, 2.05) is 0 Å². The van der Waals surface area contributed by atoms with E-state index in [1.54, 1.807) is 35.2 Å². The summed E-state index contributed by atoms with van der Waals surface area (Å²) < 4.78 is 11.4. The number of nitro groups is 1. The summed E-state index contributed by atoms with van der Waals surface area (Å²) >= 11 is 12.2. The van der Waals surface area contributed by atoms with E-state index in [9.17, 15) is 14.9 Å². The number of carbonyl (C=O) groups excluding carboxylic acids is 1. The number of hydrogen-bond acceptors (Lipinski definition) is 6. The molecule has 0 aromatic heterocycles. The molecule has 0 unspecified atom stereocenters. The third-order valence-corrected chi connectivity index (χ3v) is 6.25. The summed E-state index contributed by atoms with van der Waals surface area (Å²) in [5.41, 5.74) is 0.771. The third-order valence-electron chi connectivity index (χ3n) is 5.72. The number of rotatable bonds is 8. The molecule has 0 aliphatic carbocycles. The van der Waals surface area contributed by atoms with Gasteiger partial charge in [-0.3, -0.25) is 19.8 Å². The topological polar surface area (TPSA) is 85.1 Å². The molecular weight excluding hydrogens is 457 g/mol. The summed E-state index contributed by atoms with van der Waals surface area (Å²) in [7, 11) is 0. The highest BCUT2D eigenvalue weighted by Gasteiger charge is 2.50. The van der Waals surface area contributed by atoms with Crippen LogP contribution in [0.1, 0.15) is 18.0 Å². The van der Waals surface area contributed by atoms with Crippen LogP contribution in [0, 0.1) is 10.1 Å². The Hall–Kier alpha value is -2.39. The van der Waals surface area contributed by atoms with Crippen molar-refractivity contribution in [1.29, 1.82) is 0 Å². The van der Waals surface area contributed by atoms with Gasteiger partial charge < -0.3 is 14.4 Å². The number of likely N-dealkylation sites (tertiary alicyclic amines) is 1. The van der Waals surface area contributed by atoms with E-state index < -0.39 is 11.0 Å². The Balaban J connectivity index is 1.49. The first kappa shape index (κ1) is 22.8. The van der Waals surface area contributed by atoms with Gasteiger partial charge in [-0.05, 0) is 42.3 Å². The minimum atomic E-state index is -0.765. The number of amides is 1. The lowest BCUT2D eigenvalue weighted by Crippen LogP contribution is -2.61. The van der Waals surface area contributed by atoms with E-state index in [0.29, 0.717) is 22.3 Å². The van der Waals surface area contributed by atoms with Crippen molar-refractivity contribution in [2.45, 2.75) is 18.6 Å². The molecule has 2 saturated heterocycles. The van der Waals surface area contributed by atoms with Crippen LogP contribution in [0.4, 0.5) is 5.69 Å². The van der Waals surface area contributed by atoms with Crippen LogP contribution in [0.15, 0.2) is 42.5 Å². The lowest BCUT2D eigenvalue weighted by Gasteiger charge is -2.47. The normalized spacial score (nSPS) is 21.3. The molecule has 0 saturated carbocycles. The molecule has 2 aromatic carbocycles. The largest absolute Gasteiger partial charge is 0.476 e. The van der Waals surface area contributed by atoms with Gasteiger partial charge in [0.25, 0.3) is 11.6 Å². The Kier molecular flexibility index (Phi) is 7.15. The second kappa shape index (κ2) is 10.0. The number of ether oxygens (including phenoxy) is 2. The number of halogens is 2. The van der Waals surface area contributed by atoms with Crippen molar-refractivity contribution in [1.82, 2.24) is 9.80 Å². The van der Waals surface area contributed by atoms with Crippen LogP contribution in [0.5, 0.6) is 5.75 Å². The molecule has 2 aromatic rings. The number of carbonyl (C=O) groups is 1. The van der Waals surface area contributed by atoms with Gasteiger partial charge in [-0.15, -0.1) is 0 Å². The maximum atomic E-state index is 13.0. The third kappa shape index (κ3) is 4.99. The standard InChI is InChI=1S/C22H23Cl2N3O5/c23-16-4-7-19(18(24)14-16)32-21-20(15-2-5-17(6-3-15)27(29)30)26(22(21)28)9-1-8-25-10-12-31-13-11-25/h2-7,14,20-21H,1,8-13H2/t20-,21+/m1/s1. The highest BCUT2D eigenvalue weighted by molar-refractivity contribution is 6.35. The van der Waals surface area contributed by atoms with E-state index in [-0.39, 0.29) is 17.6 Å². The Morgan fingerprint density at radius 1 is 1.09 bits per heavy atom. The van der Waals surface area contributed by atoms with Gasteiger partial charge in [-0.25, -0.2) is 0 Å². The Morgan fingerprint density at radius 3 is 2.47 bits per heavy atom. The maximum Gasteiger partial charge on any atom is 0.269 e.